The first-order chi connectivity index (χ1) is 7.95. The zero-order chi connectivity index (χ0) is 13.1. The number of rotatable bonds is 11. The third-order valence-corrected chi connectivity index (χ3v) is 3.34. The summed E-state index contributed by atoms with van der Waals surface area (Å²) in [5.41, 5.74) is 0. The molecule has 0 aliphatic heterocycles. The molecule has 1 unspecified atom stereocenters. The average molecular weight is 266 g/mol. The molecular formula is C12H26O4S. The van der Waals surface area contributed by atoms with Gasteiger partial charge in [-0.15, -0.1) is 0 Å². The summed E-state index contributed by atoms with van der Waals surface area (Å²) in [6, 6.07) is 0. The molecule has 5 heteroatoms. The third-order valence-electron chi connectivity index (χ3n) is 2.87. The Bertz CT molecular complexity index is 262. The molecule has 4 nitrogen and oxygen atoms in total. The molecule has 0 saturated heterocycles. The van der Waals surface area contributed by atoms with E-state index in [0.717, 1.165) is 18.8 Å². The SMILES string of the molecule is CCCCCC(C)CCCCCOS(=O)(=O)O. The zero-order valence-electron chi connectivity index (χ0n) is 11.0. The van der Waals surface area contributed by atoms with Crippen molar-refractivity contribution in [2.75, 3.05) is 6.61 Å². The molecular weight excluding hydrogens is 240 g/mol. The molecule has 104 valence electrons. The van der Waals surface area contributed by atoms with Gasteiger partial charge in [-0.1, -0.05) is 58.8 Å². The van der Waals surface area contributed by atoms with Crippen LogP contribution in [0.1, 0.15) is 65.2 Å². The quantitative estimate of drug-likeness (QED) is 0.458. The molecule has 0 aliphatic carbocycles. The van der Waals surface area contributed by atoms with Gasteiger partial charge >= 0.3 is 10.4 Å². The summed E-state index contributed by atoms with van der Waals surface area (Å²) >= 11 is 0. The molecule has 1 atom stereocenters. The van der Waals surface area contributed by atoms with E-state index < -0.39 is 10.4 Å². The molecule has 0 bridgehead atoms. The van der Waals surface area contributed by atoms with Crippen molar-refractivity contribution in [1.82, 2.24) is 0 Å². The van der Waals surface area contributed by atoms with E-state index in [0.29, 0.717) is 6.42 Å². The summed E-state index contributed by atoms with van der Waals surface area (Å²) < 4.78 is 33.1. The maximum Gasteiger partial charge on any atom is 0.397 e. The predicted molar refractivity (Wildman–Crippen MR) is 69.3 cm³/mol. The van der Waals surface area contributed by atoms with E-state index in [1.165, 1.54) is 32.1 Å². The number of hydrogen-bond donors (Lipinski definition) is 1. The van der Waals surface area contributed by atoms with E-state index >= 15 is 0 Å². The average Bonchev–Trinajstić information content (AvgIpc) is 2.22. The van der Waals surface area contributed by atoms with Gasteiger partial charge in [-0.3, -0.25) is 4.55 Å². The van der Waals surface area contributed by atoms with Crippen molar-refractivity contribution in [2.45, 2.75) is 65.2 Å². The Morgan fingerprint density at radius 1 is 1.06 bits per heavy atom. The standard InChI is InChI=1S/C12H26O4S/c1-3-4-6-9-12(2)10-7-5-8-11-16-17(13,14)15/h12H,3-11H2,1-2H3,(H,13,14,15). The maximum absolute atomic E-state index is 10.3. The van der Waals surface area contributed by atoms with E-state index in [-0.39, 0.29) is 6.61 Å². The molecule has 17 heavy (non-hydrogen) atoms. The lowest BCUT2D eigenvalue weighted by Crippen LogP contribution is -2.04. The first-order valence-corrected chi connectivity index (χ1v) is 7.94. The molecule has 1 N–H and O–H groups in total. The van der Waals surface area contributed by atoms with Crippen molar-refractivity contribution < 1.29 is 17.2 Å². The molecule has 0 aromatic carbocycles. The second-order valence-corrected chi connectivity index (χ2v) is 5.79. The second-order valence-electron chi connectivity index (χ2n) is 4.70. The van der Waals surface area contributed by atoms with Crippen LogP contribution in [0.5, 0.6) is 0 Å². The molecule has 0 aromatic rings. The molecule has 0 spiro atoms. The first kappa shape index (κ1) is 16.9. The van der Waals surface area contributed by atoms with Crippen molar-refractivity contribution in [3.05, 3.63) is 0 Å². The lowest BCUT2D eigenvalue weighted by atomic mass is 9.97. The highest BCUT2D eigenvalue weighted by molar-refractivity contribution is 7.80. The highest BCUT2D eigenvalue weighted by atomic mass is 32.3. The lowest BCUT2D eigenvalue weighted by molar-refractivity contribution is 0.260. The first-order valence-electron chi connectivity index (χ1n) is 6.57. The minimum Gasteiger partial charge on any atom is -0.264 e. The zero-order valence-corrected chi connectivity index (χ0v) is 11.8. The summed E-state index contributed by atoms with van der Waals surface area (Å²) in [5.74, 6) is 0.754. The van der Waals surface area contributed by atoms with E-state index in [4.69, 9.17) is 4.55 Å². The lowest BCUT2D eigenvalue weighted by Gasteiger charge is -2.10. The number of hydrogen-bond acceptors (Lipinski definition) is 3. The minimum atomic E-state index is -4.24. The smallest absolute Gasteiger partial charge is 0.264 e. The monoisotopic (exact) mass is 266 g/mol. The largest absolute Gasteiger partial charge is 0.397 e. The Morgan fingerprint density at radius 2 is 1.65 bits per heavy atom. The number of unbranched alkanes of at least 4 members (excludes halogenated alkanes) is 4. The van der Waals surface area contributed by atoms with Crippen molar-refractivity contribution in [1.29, 1.82) is 0 Å². The molecule has 0 fully saturated rings. The van der Waals surface area contributed by atoms with Crippen LogP contribution in [0.4, 0.5) is 0 Å². The van der Waals surface area contributed by atoms with E-state index in [1.807, 2.05) is 0 Å². The van der Waals surface area contributed by atoms with Crippen LogP contribution in [0.2, 0.25) is 0 Å². The normalized spacial score (nSPS) is 13.8. The van der Waals surface area contributed by atoms with Gasteiger partial charge in [0.1, 0.15) is 0 Å². The Balaban J connectivity index is 3.27. The molecule has 0 aromatic heterocycles. The highest BCUT2D eigenvalue weighted by Gasteiger charge is 2.04. The summed E-state index contributed by atoms with van der Waals surface area (Å²) in [6.07, 6.45) is 9.10. The van der Waals surface area contributed by atoms with Gasteiger partial charge in [-0.25, -0.2) is 4.18 Å². The third kappa shape index (κ3) is 13.8. The van der Waals surface area contributed by atoms with Gasteiger partial charge in [0.15, 0.2) is 0 Å². The fourth-order valence-electron chi connectivity index (χ4n) is 1.82. The molecule has 0 aliphatic rings. The Hall–Kier alpha value is -0.130. The fraction of sp³-hybridized carbons (Fsp3) is 1.00. The van der Waals surface area contributed by atoms with Crippen LogP contribution in [-0.2, 0) is 14.6 Å². The van der Waals surface area contributed by atoms with E-state index in [1.54, 1.807) is 0 Å². The van der Waals surface area contributed by atoms with Crippen LogP contribution < -0.4 is 0 Å². The molecule has 0 radical (unpaired) electrons. The van der Waals surface area contributed by atoms with Crippen molar-refractivity contribution in [3.63, 3.8) is 0 Å². The van der Waals surface area contributed by atoms with E-state index in [9.17, 15) is 8.42 Å². The second kappa shape index (κ2) is 9.85. The predicted octanol–water partition coefficient (Wildman–Crippen LogP) is 3.58. The van der Waals surface area contributed by atoms with Crippen molar-refractivity contribution in [3.8, 4) is 0 Å². The van der Waals surface area contributed by atoms with Gasteiger partial charge in [0.05, 0.1) is 6.61 Å². The molecule has 0 heterocycles. The molecule has 0 amide bonds. The molecule has 0 rings (SSSR count). The Morgan fingerprint density at radius 3 is 2.18 bits per heavy atom. The van der Waals surface area contributed by atoms with Crippen molar-refractivity contribution in [2.24, 2.45) is 5.92 Å². The Kier molecular flexibility index (Phi) is 9.78. The van der Waals surface area contributed by atoms with Crippen LogP contribution in [0.3, 0.4) is 0 Å². The van der Waals surface area contributed by atoms with Gasteiger partial charge in [-0.2, -0.15) is 8.42 Å². The summed E-state index contributed by atoms with van der Waals surface area (Å²) in [6.45, 7) is 4.56. The van der Waals surface area contributed by atoms with Crippen LogP contribution in [0.15, 0.2) is 0 Å². The van der Waals surface area contributed by atoms with Gasteiger partial charge in [0.25, 0.3) is 0 Å². The van der Waals surface area contributed by atoms with Crippen LogP contribution in [0.25, 0.3) is 0 Å². The van der Waals surface area contributed by atoms with Crippen LogP contribution in [-0.4, -0.2) is 19.6 Å². The Labute approximate surface area is 106 Å². The highest BCUT2D eigenvalue weighted by Crippen LogP contribution is 2.16. The van der Waals surface area contributed by atoms with Gasteiger partial charge in [0.2, 0.25) is 0 Å². The summed E-state index contributed by atoms with van der Waals surface area (Å²) in [5, 5.41) is 0. The van der Waals surface area contributed by atoms with E-state index in [2.05, 4.69) is 18.0 Å². The topological polar surface area (TPSA) is 63.6 Å². The minimum absolute atomic E-state index is 0.0864. The van der Waals surface area contributed by atoms with Gasteiger partial charge < -0.3 is 0 Å². The fourth-order valence-corrected chi connectivity index (χ4v) is 2.15. The van der Waals surface area contributed by atoms with Gasteiger partial charge in [-0.05, 0) is 12.3 Å². The summed E-state index contributed by atoms with van der Waals surface area (Å²) in [4.78, 5) is 0. The maximum atomic E-state index is 10.3. The van der Waals surface area contributed by atoms with Gasteiger partial charge in [0, 0.05) is 0 Å². The van der Waals surface area contributed by atoms with Crippen molar-refractivity contribution >= 4 is 10.4 Å². The summed E-state index contributed by atoms with van der Waals surface area (Å²) in [7, 11) is -4.24. The molecule has 0 saturated carbocycles. The van der Waals surface area contributed by atoms with Crippen LogP contribution in [0, 0.1) is 5.92 Å². The van der Waals surface area contributed by atoms with Crippen LogP contribution >= 0.6 is 0 Å².